The number of nitrogens with zero attached hydrogens (tertiary/aromatic N) is 1. The molecule has 5 nitrogen and oxygen atoms in total. The quantitative estimate of drug-likeness (QED) is 0.570. The molecule has 2 heterocycles. The summed E-state index contributed by atoms with van der Waals surface area (Å²) in [4.78, 5) is 26.6. The van der Waals surface area contributed by atoms with E-state index in [1.165, 1.54) is 0 Å². The third-order valence-electron chi connectivity index (χ3n) is 5.66. The van der Waals surface area contributed by atoms with E-state index in [-0.39, 0.29) is 11.8 Å². The van der Waals surface area contributed by atoms with Crippen LogP contribution in [0.25, 0.3) is 11.3 Å². The predicted octanol–water partition coefficient (Wildman–Crippen LogP) is 5.58. The third kappa shape index (κ3) is 4.88. The van der Waals surface area contributed by atoms with Crippen molar-refractivity contribution in [3.63, 3.8) is 0 Å². The molecule has 4 rings (SSSR count). The largest absolute Gasteiger partial charge is 0.461 e. The Morgan fingerprint density at radius 1 is 1.06 bits per heavy atom. The van der Waals surface area contributed by atoms with Crippen molar-refractivity contribution in [3.8, 4) is 11.3 Å². The molecule has 0 radical (unpaired) electrons. The van der Waals surface area contributed by atoms with Gasteiger partial charge in [0.25, 0.3) is 5.91 Å². The molecule has 0 saturated carbocycles. The maximum absolute atomic E-state index is 12.8. The van der Waals surface area contributed by atoms with Gasteiger partial charge < -0.3 is 14.6 Å². The number of hydrogen-bond acceptors (Lipinski definition) is 3. The fourth-order valence-corrected chi connectivity index (χ4v) is 3.81. The lowest BCUT2D eigenvalue weighted by atomic mass is 10.1. The highest BCUT2D eigenvalue weighted by Crippen LogP contribution is 2.30. The molecule has 0 bridgehead atoms. The molecule has 1 aliphatic rings. The number of benzene rings is 2. The zero-order chi connectivity index (χ0) is 21.8. The van der Waals surface area contributed by atoms with Gasteiger partial charge in [-0.3, -0.25) is 9.59 Å². The van der Waals surface area contributed by atoms with E-state index < -0.39 is 0 Å². The summed E-state index contributed by atoms with van der Waals surface area (Å²) in [5.41, 5.74) is 4.66. The molecule has 0 fully saturated rings. The smallest absolute Gasteiger partial charge is 0.254 e. The molecule has 160 valence electrons. The average Bonchev–Trinajstić information content (AvgIpc) is 3.21. The lowest BCUT2D eigenvalue weighted by Gasteiger charge is -2.26. The van der Waals surface area contributed by atoms with Crippen LogP contribution in [0.15, 0.2) is 59.0 Å². The summed E-state index contributed by atoms with van der Waals surface area (Å²) in [6, 6.07) is 17.4. The van der Waals surface area contributed by atoms with Crippen molar-refractivity contribution in [1.29, 1.82) is 0 Å². The Morgan fingerprint density at radius 3 is 2.52 bits per heavy atom. The minimum atomic E-state index is 0.0430. The third-order valence-corrected chi connectivity index (χ3v) is 5.66. The van der Waals surface area contributed by atoms with Crippen LogP contribution in [0.2, 0.25) is 0 Å². The van der Waals surface area contributed by atoms with Gasteiger partial charge in [-0.25, -0.2) is 0 Å². The molecule has 1 N–H and O–H groups in total. The van der Waals surface area contributed by atoms with Crippen molar-refractivity contribution in [3.05, 3.63) is 77.0 Å². The van der Waals surface area contributed by atoms with E-state index >= 15 is 0 Å². The van der Waals surface area contributed by atoms with Crippen LogP contribution in [0.5, 0.6) is 0 Å². The maximum Gasteiger partial charge on any atom is 0.254 e. The second-order valence-electron chi connectivity index (χ2n) is 8.13. The molecular formula is C26H28N2O3. The molecule has 31 heavy (non-hydrogen) atoms. The molecule has 2 aromatic carbocycles. The van der Waals surface area contributed by atoms with E-state index in [0.29, 0.717) is 31.5 Å². The Kier molecular flexibility index (Phi) is 6.21. The number of fused-ring (bicyclic) bond motifs is 1. The zero-order valence-electron chi connectivity index (χ0n) is 18.1. The molecule has 0 saturated heterocycles. The topological polar surface area (TPSA) is 62.6 Å². The van der Waals surface area contributed by atoms with E-state index in [9.17, 15) is 9.59 Å². The number of carbonyl (C=O) groups is 2. The van der Waals surface area contributed by atoms with Gasteiger partial charge in [-0.05, 0) is 55.8 Å². The van der Waals surface area contributed by atoms with Crippen molar-refractivity contribution >= 4 is 17.5 Å². The van der Waals surface area contributed by atoms with Crippen LogP contribution >= 0.6 is 0 Å². The van der Waals surface area contributed by atoms with E-state index in [1.807, 2.05) is 66.4 Å². The van der Waals surface area contributed by atoms with Crippen LogP contribution in [0, 0.1) is 6.92 Å². The molecule has 2 amide bonds. The van der Waals surface area contributed by atoms with Crippen LogP contribution in [-0.4, -0.2) is 23.3 Å². The lowest BCUT2D eigenvalue weighted by molar-refractivity contribution is -0.116. The van der Waals surface area contributed by atoms with Gasteiger partial charge in [0.1, 0.15) is 11.5 Å². The maximum atomic E-state index is 12.8. The number of unbranched alkanes of at least 4 members (excludes halogenated alkanes) is 1. The first kappa shape index (κ1) is 20.9. The highest BCUT2D eigenvalue weighted by Gasteiger charge is 2.25. The van der Waals surface area contributed by atoms with Crippen molar-refractivity contribution in [2.45, 2.75) is 46.1 Å². The number of hydrogen-bond donors (Lipinski definition) is 1. The van der Waals surface area contributed by atoms with Gasteiger partial charge in [-0.15, -0.1) is 0 Å². The minimum Gasteiger partial charge on any atom is -0.461 e. The van der Waals surface area contributed by atoms with Gasteiger partial charge in [-0.2, -0.15) is 0 Å². The number of amides is 2. The van der Waals surface area contributed by atoms with Crippen LogP contribution in [0.3, 0.4) is 0 Å². The van der Waals surface area contributed by atoms with Crippen molar-refractivity contribution in [2.75, 3.05) is 11.9 Å². The van der Waals surface area contributed by atoms with Crippen molar-refractivity contribution < 1.29 is 14.0 Å². The highest BCUT2D eigenvalue weighted by atomic mass is 16.3. The van der Waals surface area contributed by atoms with Crippen LogP contribution in [0.1, 0.15) is 53.4 Å². The minimum absolute atomic E-state index is 0.0430. The standard InChI is InChI=1S/C26H28N2O3/c1-3-4-5-25(29)27-22-12-10-19(11-13-22)24-16-21-17-28(15-14-23(21)31-24)26(30)20-8-6-18(2)7-9-20/h6-13,16H,3-5,14-15,17H2,1-2H3,(H,27,29). The normalized spacial score (nSPS) is 13.0. The summed E-state index contributed by atoms with van der Waals surface area (Å²) >= 11 is 0. The SMILES string of the molecule is CCCCC(=O)Nc1ccc(-c2cc3c(o2)CCN(C(=O)c2ccc(C)cc2)C3)cc1. The molecule has 5 heteroatoms. The van der Waals surface area contributed by atoms with Gasteiger partial charge in [0, 0.05) is 48.3 Å². The summed E-state index contributed by atoms with van der Waals surface area (Å²) in [5, 5.41) is 2.93. The molecule has 1 aliphatic heterocycles. The monoisotopic (exact) mass is 416 g/mol. The Labute approximate surface area is 183 Å². The fourth-order valence-electron chi connectivity index (χ4n) is 3.81. The first-order valence-corrected chi connectivity index (χ1v) is 10.9. The molecule has 0 spiro atoms. The van der Waals surface area contributed by atoms with Gasteiger partial charge in [0.15, 0.2) is 0 Å². The van der Waals surface area contributed by atoms with E-state index in [1.54, 1.807) is 0 Å². The van der Waals surface area contributed by atoms with Crippen LogP contribution < -0.4 is 5.32 Å². The lowest BCUT2D eigenvalue weighted by Crippen LogP contribution is -2.35. The van der Waals surface area contributed by atoms with Crippen LogP contribution in [-0.2, 0) is 17.8 Å². The van der Waals surface area contributed by atoms with Crippen molar-refractivity contribution in [2.24, 2.45) is 0 Å². The Morgan fingerprint density at radius 2 is 1.81 bits per heavy atom. The van der Waals surface area contributed by atoms with Crippen LogP contribution in [0.4, 0.5) is 5.69 Å². The summed E-state index contributed by atoms with van der Waals surface area (Å²) in [6.45, 7) is 5.29. The Hall–Kier alpha value is -3.34. The van der Waals surface area contributed by atoms with Crippen molar-refractivity contribution in [1.82, 2.24) is 4.90 Å². The highest BCUT2D eigenvalue weighted by molar-refractivity contribution is 5.94. The second kappa shape index (κ2) is 9.21. The molecule has 3 aromatic rings. The number of anilines is 1. The summed E-state index contributed by atoms with van der Waals surface area (Å²) in [5.74, 6) is 1.83. The average molecular weight is 417 g/mol. The first-order chi connectivity index (χ1) is 15.0. The Bertz CT molecular complexity index is 1070. The fraction of sp³-hybridized carbons (Fsp3) is 0.308. The predicted molar refractivity (Wildman–Crippen MR) is 122 cm³/mol. The van der Waals surface area contributed by atoms with E-state index in [2.05, 4.69) is 12.2 Å². The number of aryl methyl sites for hydroxylation is 1. The van der Waals surface area contributed by atoms with Gasteiger partial charge in [0.2, 0.25) is 5.91 Å². The molecule has 0 unspecified atom stereocenters. The van der Waals surface area contributed by atoms with E-state index in [0.717, 1.165) is 46.7 Å². The van der Waals surface area contributed by atoms with E-state index in [4.69, 9.17) is 4.42 Å². The summed E-state index contributed by atoms with van der Waals surface area (Å²) in [6.07, 6.45) is 3.15. The molecular weight excluding hydrogens is 388 g/mol. The number of furan rings is 1. The second-order valence-corrected chi connectivity index (χ2v) is 8.13. The van der Waals surface area contributed by atoms with Gasteiger partial charge in [-0.1, -0.05) is 31.0 Å². The molecule has 1 aromatic heterocycles. The number of carbonyl (C=O) groups excluding carboxylic acids is 2. The summed E-state index contributed by atoms with van der Waals surface area (Å²) < 4.78 is 6.09. The summed E-state index contributed by atoms with van der Waals surface area (Å²) in [7, 11) is 0. The number of nitrogens with one attached hydrogen (secondary N) is 1. The molecule has 0 aliphatic carbocycles. The molecule has 0 atom stereocenters. The van der Waals surface area contributed by atoms with Gasteiger partial charge >= 0.3 is 0 Å². The zero-order valence-corrected chi connectivity index (χ0v) is 18.1. The Balaban J connectivity index is 1.43. The van der Waals surface area contributed by atoms with Gasteiger partial charge in [0.05, 0.1) is 0 Å². The first-order valence-electron chi connectivity index (χ1n) is 10.9. The number of rotatable bonds is 6.